The maximum absolute atomic E-state index is 12.7. The van der Waals surface area contributed by atoms with E-state index < -0.39 is 0 Å². The molecule has 0 aliphatic heterocycles. The van der Waals surface area contributed by atoms with Gasteiger partial charge in [-0.3, -0.25) is 10.1 Å². The minimum absolute atomic E-state index is 0.220. The summed E-state index contributed by atoms with van der Waals surface area (Å²) < 4.78 is 0.999. The van der Waals surface area contributed by atoms with Gasteiger partial charge in [-0.15, -0.1) is 22.7 Å². The maximum Gasteiger partial charge on any atom is 0.269 e. The Morgan fingerprint density at radius 2 is 1.69 bits per heavy atom. The fourth-order valence-corrected chi connectivity index (χ4v) is 5.64. The molecule has 29 heavy (non-hydrogen) atoms. The van der Waals surface area contributed by atoms with Crippen molar-refractivity contribution in [2.24, 2.45) is 0 Å². The number of nitrogens with one attached hydrogen (secondary N) is 1. The summed E-state index contributed by atoms with van der Waals surface area (Å²) in [7, 11) is 0. The Morgan fingerprint density at radius 3 is 2.55 bits per heavy atom. The van der Waals surface area contributed by atoms with Gasteiger partial charge >= 0.3 is 0 Å². The van der Waals surface area contributed by atoms with Crippen LogP contribution in [-0.2, 0) is 6.42 Å². The standard InChI is InChI=1S/C23H15ClN2OS2/c24-20-18-10-3-4-11-19(18)29-21(20)22(27)26-23-25-13-16(28-23)12-15-8-5-7-14-6-1-2-9-17(14)15/h1-11,13H,12H2,(H,25,26,27). The third-order valence-electron chi connectivity index (χ3n) is 4.76. The number of carbonyl (C=O) groups is 1. The van der Waals surface area contributed by atoms with E-state index in [-0.39, 0.29) is 5.91 Å². The molecule has 2 heterocycles. The number of carbonyl (C=O) groups excluding carboxylic acids is 1. The lowest BCUT2D eigenvalue weighted by Crippen LogP contribution is -2.10. The minimum atomic E-state index is -0.220. The topological polar surface area (TPSA) is 42.0 Å². The fraction of sp³-hybridized carbons (Fsp3) is 0.0435. The summed E-state index contributed by atoms with van der Waals surface area (Å²) in [6.07, 6.45) is 2.60. The Balaban J connectivity index is 1.37. The SMILES string of the molecule is O=C(Nc1ncc(Cc2cccc3ccccc23)s1)c1sc2ccccc2c1Cl. The summed E-state index contributed by atoms with van der Waals surface area (Å²) in [4.78, 5) is 18.7. The summed E-state index contributed by atoms with van der Waals surface area (Å²) in [6, 6.07) is 22.4. The summed E-state index contributed by atoms with van der Waals surface area (Å²) in [6.45, 7) is 0. The third kappa shape index (κ3) is 3.53. The van der Waals surface area contributed by atoms with E-state index in [0.717, 1.165) is 21.4 Å². The average molecular weight is 435 g/mol. The lowest BCUT2D eigenvalue weighted by Gasteiger charge is -2.04. The van der Waals surface area contributed by atoms with Gasteiger partial charge < -0.3 is 0 Å². The first-order chi connectivity index (χ1) is 14.2. The van der Waals surface area contributed by atoms with Crippen LogP contribution in [0, 0.1) is 0 Å². The number of hydrogen-bond donors (Lipinski definition) is 1. The Morgan fingerprint density at radius 1 is 0.931 bits per heavy atom. The van der Waals surface area contributed by atoms with Crippen LogP contribution in [0.15, 0.2) is 72.9 Å². The van der Waals surface area contributed by atoms with Gasteiger partial charge in [-0.1, -0.05) is 72.3 Å². The molecule has 5 aromatic rings. The monoisotopic (exact) mass is 434 g/mol. The lowest BCUT2D eigenvalue weighted by molar-refractivity contribution is 0.103. The number of halogens is 1. The van der Waals surface area contributed by atoms with Gasteiger partial charge in [0.2, 0.25) is 0 Å². The van der Waals surface area contributed by atoms with Crippen molar-refractivity contribution in [2.75, 3.05) is 5.32 Å². The van der Waals surface area contributed by atoms with Crippen molar-refractivity contribution in [1.29, 1.82) is 0 Å². The highest BCUT2D eigenvalue weighted by molar-refractivity contribution is 7.22. The van der Waals surface area contributed by atoms with Gasteiger partial charge in [0.25, 0.3) is 5.91 Å². The van der Waals surface area contributed by atoms with Crippen LogP contribution in [0.5, 0.6) is 0 Å². The third-order valence-corrected chi connectivity index (χ3v) is 7.35. The number of thiophene rings is 1. The Labute approximate surface area is 180 Å². The minimum Gasteiger partial charge on any atom is -0.297 e. The number of amides is 1. The molecule has 0 spiro atoms. The van der Waals surface area contributed by atoms with E-state index in [4.69, 9.17) is 11.6 Å². The van der Waals surface area contributed by atoms with Gasteiger partial charge in [-0.05, 0) is 22.4 Å². The summed E-state index contributed by atoms with van der Waals surface area (Å²) in [5.74, 6) is -0.220. The summed E-state index contributed by atoms with van der Waals surface area (Å²) in [5.41, 5.74) is 1.25. The second-order valence-electron chi connectivity index (χ2n) is 6.64. The molecule has 0 saturated carbocycles. The maximum atomic E-state index is 12.7. The molecule has 3 aromatic carbocycles. The van der Waals surface area contributed by atoms with Crippen LogP contribution in [0.2, 0.25) is 5.02 Å². The molecule has 1 N–H and O–H groups in total. The van der Waals surface area contributed by atoms with Crippen LogP contribution in [0.25, 0.3) is 20.9 Å². The molecular formula is C23H15ClN2OS2. The summed E-state index contributed by atoms with van der Waals surface area (Å²) >= 11 is 9.30. The van der Waals surface area contributed by atoms with E-state index in [1.807, 2.05) is 36.5 Å². The molecule has 0 bridgehead atoms. The van der Waals surface area contributed by atoms with Crippen molar-refractivity contribution < 1.29 is 4.79 Å². The lowest BCUT2D eigenvalue weighted by atomic mass is 10.0. The number of anilines is 1. The van der Waals surface area contributed by atoms with Crippen LogP contribution >= 0.6 is 34.3 Å². The number of thiazole rings is 1. The molecule has 0 aliphatic rings. The molecule has 0 unspecified atom stereocenters. The normalized spacial score (nSPS) is 11.2. The van der Waals surface area contributed by atoms with Crippen molar-refractivity contribution in [3.05, 3.63) is 93.3 Å². The number of hydrogen-bond acceptors (Lipinski definition) is 4. The molecule has 0 radical (unpaired) electrons. The van der Waals surface area contributed by atoms with E-state index in [9.17, 15) is 4.79 Å². The van der Waals surface area contributed by atoms with E-state index >= 15 is 0 Å². The zero-order valence-corrected chi connectivity index (χ0v) is 17.6. The number of benzene rings is 3. The Kier molecular flexibility index (Phi) is 4.79. The van der Waals surface area contributed by atoms with Crippen molar-refractivity contribution in [1.82, 2.24) is 4.98 Å². The quantitative estimate of drug-likeness (QED) is 0.330. The van der Waals surface area contributed by atoms with Gasteiger partial charge in [-0.2, -0.15) is 0 Å². The highest BCUT2D eigenvalue weighted by atomic mass is 35.5. The smallest absolute Gasteiger partial charge is 0.269 e. The Hall–Kier alpha value is -2.73. The first kappa shape index (κ1) is 18.3. The number of fused-ring (bicyclic) bond motifs is 2. The predicted octanol–water partition coefficient (Wildman–Crippen LogP) is 7.01. The van der Waals surface area contributed by atoms with E-state index in [2.05, 4.69) is 46.7 Å². The Bertz CT molecular complexity index is 1350. The van der Waals surface area contributed by atoms with E-state index in [1.165, 1.54) is 39.0 Å². The van der Waals surface area contributed by atoms with Gasteiger partial charge in [0.1, 0.15) is 4.88 Å². The van der Waals surface area contributed by atoms with Crippen molar-refractivity contribution in [2.45, 2.75) is 6.42 Å². The zero-order chi connectivity index (χ0) is 19.8. The van der Waals surface area contributed by atoms with Crippen LogP contribution < -0.4 is 5.32 Å². The van der Waals surface area contributed by atoms with Crippen LogP contribution in [0.3, 0.4) is 0 Å². The molecule has 0 saturated heterocycles. The molecular weight excluding hydrogens is 420 g/mol. The molecule has 142 valence electrons. The van der Waals surface area contributed by atoms with Gasteiger partial charge in [0, 0.05) is 27.6 Å². The fourth-order valence-electron chi connectivity index (χ4n) is 3.40. The van der Waals surface area contributed by atoms with Gasteiger partial charge in [0.05, 0.1) is 5.02 Å². The molecule has 5 rings (SSSR count). The largest absolute Gasteiger partial charge is 0.297 e. The summed E-state index contributed by atoms with van der Waals surface area (Å²) in [5, 5.41) is 7.34. The first-order valence-corrected chi connectivity index (χ1v) is 11.1. The highest BCUT2D eigenvalue weighted by Gasteiger charge is 2.18. The molecule has 6 heteroatoms. The molecule has 2 aromatic heterocycles. The van der Waals surface area contributed by atoms with Crippen molar-refractivity contribution in [3.8, 4) is 0 Å². The van der Waals surface area contributed by atoms with Gasteiger partial charge in [-0.25, -0.2) is 4.98 Å². The number of nitrogens with zero attached hydrogens (tertiary/aromatic N) is 1. The van der Waals surface area contributed by atoms with Crippen LogP contribution in [0.4, 0.5) is 5.13 Å². The predicted molar refractivity (Wildman–Crippen MR) is 124 cm³/mol. The molecule has 0 atom stereocenters. The first-order valence-electron chi connectivity index (χ1n) is 9.09. The average Bonchev–Trinajstić information content (AvgIpc) is 3.32. The molecule has 1 amide bonds. The molecule has 0 fully saturated rings. The molecule has 3 nitrogen and oxygen atoms in total. The number of aromatic nitrogens is 1. The van der Waals surface area contributed by atoms with Crippen LogP contribution in [0.1, 0.15) is 20.1 Å². The zero-order valence-electron chi connectivity index (χ0n) is 15.2. The van der Waals surface area contributed by atoms with Crippen molar-refractivity contribution in [3.63, 3.8) is 0 Å². The van der Waals surface area contributed by atoms with Crippen LogP contribution in [-0.4, -0.2) is 10.9 Å². The number of rotatable bonds is 4. The van der Waals surface area contributed by atoms with E-state index in [0.29, 0.717) is 15.0 Å². The van der Waals surface area contributed by atoms with E-state index in [1.54, 1.807) is 0 Å². The highest BCUT2D eigenvalue weighted by Crippen LogP contribution is 2.36. The molecule has 0 aliphatic carbocycles. The van der Waals surface area contributed by atoms with Crippen molar-refractivity contribution >= 4 is 66.2 Å². The second kappa shape index (κ2) is 7.59. The second-order valence-corrected chi connectivity index (χ2v) is 9.19. The van der Waals surface area contributed by atoms with Gasteiger partial charge in [0.15, 0.2) is 5.13 Å².